The van der Waals surface area contributed by atoms with Crippen LogP contribution in [0.3, 0.4) is 0 Å². The van der Waals surface area contributed by atoms with Gasteiger partial charge in [-0.1, -0.05) is 30.3 Å². The van der Waals surface area contributed by atoms with Gasteiger partial charge in [0.1, 0.15) is 23.3 Å². The van der Waals surface area contributed by atoms with Gasteiger partial charge in [-0.05, 0) is 73.9 Å². The van der Waals surface area contributed by atoms with Crippen molar-refractivity contribution < 1.29 is 46.2 Å². The molecule has 0 saturated carbocycles. The smallest absolute Gasteiger partial charge is 0.416 e. The van der Waals surface area contributed by atoms with Gasteiger partial charge in [0.25, 0.3) is 0 Å². The Balaban J connectivity index is 1.84. The number of halogens is 4. The number of carbonyl (C=O) groups is 3. The van der Waals surface area contributed by atoms with Crippen molar-refractivity contribution in [3.8, 4) is 5.75 Å². The van der Waals surface area contributed by atoms with E-state index in [0.717, 1.165) is 24.3 Å². The first kappa shape index (κ1) is 33.2. The number of carbonyl (C=O) groups excluding carboxylic acids is 3. The van der Waals surface area contributed by atoms with Crippen LogP contribution in [0.25, 0.3) is 0 Å². The summed E-state index contributed by atoms with van der Waals surface area (Å²) in [4.78, 5) is 43.3. The maximum absolute atomic E-state index is 14.8. The van der Waals surface area contributed by atoms with Crippen LogP contribution < -0.4 is 15.4 Å². The van der Waals surface area contributed by atoms with Crippen LogP contribution in [0.15, 0.2) is 95.5 Å². The molecule has 5 rings (SSSR count). The van der Waals surface area contributed by atoms with E-state index in [1.54, 1.807) is 38.1 Å². The van der Waals surface area contributed by atoms with E-state index < -0.39 is 53.0 Å². The van der Waals surface area contributed by atoms with Crippen molar-refractivity contribution in [1.29, 1.82) is 0 Å². The number of nitrogens with zero attached hydrogens (tertiary/aromatic N) is 1. The number of benzene rings is 3. The molecule has 0 bridgehead atoms. The van der Waals surface area contributed by atoms with Gasteiger partial charge in [-0.15, -0.1) is 0 Å². The van der Waals surface area contributed by atoms with Gasteiger partial charge in [0, 0.05) is 22.9 Å². The molecule has 2 N–H and O–H groups in total. The topological polar surface area (TPSA) is 108 Å². The van der Waals surface area contributed by atoms with E-state index in [9.17, 15) is 31.9 Å². The number of alkyl halides is 3. The van der Waals surface area contributed by atoms with Crippen LogP contribution in [-0.4, -0.2) is 38.0 Å². The number of hydrogen-bond donors (Lipinski definition) is 1. The molecule has 12 heteroatoms. The van der Waals surface area contributed by atoms with E-state index >= 15 is 0 Å². The lowest BCUT2D eigenvalue weighted by molar-refractivity contribution is -0.152. The number of nitrogens with two attached hydrogens (primary N) is 1. The normalized spacial score (nSPS) is 19.8. The van der Waals surface area contributed by atoms with Crippen molar-refractivity contribution in [3.05, 3.63) is 118 Å². The average molecular weight is 653 g/mol. The highest BCUT2D eigenvalue weighted by Crippen LogP contribution is 2.52. The van der Waals surface area contributed by atoms with Crippen LogP contribution in [0, 0.1) is 11.7 Å². The standard InChI is InChI=1S/C35H32F4N2O6/c1-4-46-33(43)28-25(20-8-6-11-24(16-20)45-3)18-26-29(31(28)42)27(19-12-14-22(36)15-13-19)30(34(44)47-5-2)32(40)41(26)23-10-7-9-21(17-23)35(37,38)39/h6-17,25,27-28H,4-5,18,40H2,1-3H3/t25-,27+,28+/m1/s1. The van der Waals surface area contributed by atoms with Gasteiger partial charge in [-0.2, -0.15) is 13.2 Å². The summed E-state index contributed by atoms with van der Waals surface area (Å²) in [6.07, 6.45) is -4.80. The molecule has 1 aliphatic carbocycles. The van der Waals surface area contributed by atoms with Crippen molar-refractivity contribution in [1.82, 2.24) is 0 Å². The zero-order chi connectivity index (χ0) is 34.0. The first-order valence-electron chi connectivity index (χ1n) is 14.9. The Bertz CT molecular complexity index is 1770. The Labute approximate surface area is 268 Å². The van der Waals surface area contributed by atoms with E-state index in [1.807, 2.05) is 0 Å². The highest BCUT2D eigenvalue weighted by atomic mass is 19.4. The fraction of sp³-hybridized carbons (Fsp3) is 0.286. The first-order chi connectivity index (χ1) is 22.4. The predicted octanol–water partition coefficient (Wildman–Crippen LogP) is 6.38. The van der Waals surface area contributed by atoms with E-state index in [-0.39, 0.29) is 53.5 Å². The SMILES string of the molecule is CCOC(=O)C1=C(N)N(c2cccc(C(F)(F)F)c2)C2=C(C(=O)[C@@H](C(=O)OCC)[C@@H](c3cccc(OC)c3)C2)[C@@H]1c1ccc(F)cc1. The maximum atomic E-state index is 14.8. The summed E-state index contributed by atoms with van der Waals surface area (Å²) in [5.74, 6) is -6.41. The van der Waals surface area contributed by atoms with Gasteiger partial charge in [-0.25, -0.2) is 9.18 Å². The summed E-state index contributed by atoms with van der Waals surface area (Å²) in [7, 11) is 1.46. The molecule has 3 aromatic carbocycles. The van der Waals surface area contributed by atoms with Crippen molar-refractivity contribution in [2.75, 3.05) is 25.2 Å². The van der Waals surface area contributed by atoms with Crippen LogP contribution in [0.2, 0.25) is 0 Å². The van der Waals surface area contributed by atoms with E-state index in [0.29, 0.717) is 11.3 Å². The van der Waals surface area contributed by atoms with Crippen LogP contribution >= 0.6 is 0 Å². The number of ketones is 1. The summed E-state index contributed by atoms with van der Waals surface area (Å²) in [6, 6.07) is 16.1. The molecule has 0 unspecified atom stereocenters. The summed E-state index contributed by atoms with van der Waals surface area (Å²) in [5, 5.41) is 0. The molecule has 0 fully saturated rings. The third kappa shape index (κ3) is 6.32. The van der Waals surface area contributed by atoms with E-state index in [4.69, 9.17) is 19.9 Å². The molecule has 0 saturated heterocycles. The van der Waals surface area contributed by atoms with Crippen molar-refractivity contribution >= 4 is 23.4 Å². The molecule has 3 aromatic rings. The van der Waals surface area contributed by atoms with Crippen LogP contribution in [0.1, 0.15) is 48.8 Å². The van der Waals surface area contributed by atoms with Gasteiger partial charge in [0.15, 0.2) is 5.78 Å². The lowest BCUT2D eigenvalue weighted by Crippen LogP contribution is -2.46. The quantitative estimate of drug-likeness (QED) is 0.170. The maximum Gasteiger partial charge on any atom is 0.416 e. The van der Waals surface area contributed by atoms with E-state index in [1.165, 1.54) is 36.3 Å². The Kier molecular flexibility index (Phi) is 9.41. The Morgan fingerprint density at radius 1 is 0.936 bits per heavy atom. The summed E-state index contributed by atoms with van der Waals surface area (Å²) in [6.45, 7) is 3.04. The second-order valence-corrected chi connectivity index (χ2v) is 10.9. The highest BCUT2D eigenvalue weighted by Gasteiger charge is 2.51. The number of hydrogen-bond acceptors (Lipinski definition) is 8. The number of esters is 2. The molecule has 3 atom stereocenters. The fourth-order valence-electron chi connectivity index (χ4n) is 6.23. The van der Waals surface area contributed by atoms with Crippen LogP contribution in [-0.2, 0) is 30.0 Å². The second kappa shape index (κ2) is 13.3. The highest BCUT2D eigenvalue weighted by molar-refractivity contribution is 6.14. The molecular formula is C35H32F4N2O6. The summed E-state index contributed by atoms with van der Waals surface area (Å²) < 4.78 is 72.0. The van der Waals surface area contributed by atoms with Crippen molar-refractivity contribution in [3.63, 3.8) is 0 Å². The minimum absolute atomic E-state index is 0.0297. The number of Topliss-reactive ketones (excluding diaryl/α,β-unsaturated/α-hetero) is 1. The van der Waals surface area contributed by atoms with Crippen LogP contribution in [0.5, 0.6) is 5.75 Å². The largest absolute Gasteiger partial charge is 0.497 e. The van der Waals surface area contributed by atoms with E-state index in [2.05, 4.69) is 0 Å². The van der Waals surface area contributed by atoms with Crippen molar-refractivity contribution in [2.45, 2.75) is 38.3 Å². The summed E-state index contributed by atoms with van der Waals surface area (Å²) in [5.41, 5.74) is 6.33. The lowest BCUT2D eigenvalue weighted by Gasteiger charge is -2.44. The molecule has 246 valence electrons. The molecule has 47 heavy (non-hydrogen) atoms. The molecular weight excluding hydrogens is 620 g/mol. The number of anilines is 1. The monoisotopic (exact) mass is 652 g/mol. The average Bonchev–Trinajstić information content (AvgIpc) is 3.04. The van der Waals surface area contributed by atoms with Gasteiger partial charge >= 0.3 is 18.1 Å². The Morgan fingerprint density at radius 2 is 1.62 bits per heavy atom. The Morgan fingerprint density at radius 3 is 2.26 bits per heavy atom. The number of rotatable bonds is 8. The van der Waals surface area contributed by atoms with Gasteiger partial charge in [-0.3, -0.25) is 14.5 Å². The number of methoxy groups -OCH3 is 1. The van der Waals surface area contributed by atoms with Gasteiger partial charge in [0.05, 0.1) is 37.4 Å². The minimum atomic E-state index is -4.72. The second-order valence-electron chi connectivity index (χ2n) is 10.9. The van der Waals surface area contributed by atoms with Gasteiger partial charge < -0.3 is 19.9 Å². The molecule has 1 aliphatic heterocycles. The number of allylic oxidation sites excluding steroid dienone is 2. The third-order valence-electron chi connectivity index (χ3n) is 8.23. The molecule has 1 heterocycles. The first-order valence-corrected chi connectivity index (χ1v) is 14.9. The lowest BCUT2D eigenvalue weighted by atomic mass is 9.67. The molecule has 0 radical (unpaired) electrons. The zero-order valence-electron chi connectivity index (χ0n) is 25.8. The number of ether oxygens (including phenoxy) is 3. The molecule has 0 aromatic heterocycles. The predicted molar refractivity (Wildman–Crippen MR) is 163 cm³/mol. The summed E-state index contributed by atoms with van der Waals surface area (Å²) >= 11 is 0. The minimum Gasteiger partial charge on any atom is -0.497 e. The molecule has 0 amide bonds. The fourth-order valence-corrected chi connectivity index (χ4v) is 6.23. The zero-order valence-corrected chi connectivity index (χ0v) is 25.8. The molecule has 0 spiro atoms. The van der Waals surface area contributed by atoms with Gasteiger partial charge in [0.2, 0.25) is 0 Å². The van der Waals surface area contributed by atoms with Crippen molar-refractivity contribution in [2.24, 2.45) is 11.7 Å². The molecule has 8 nitrogen and oxygen atoms in total. The molecule has 2 aliphatic rings. The third-order valence-corrected chi connectivity index (χ3v) is 8.23. The Hall–Kier alpha value is -5.13. The van der Waals surface area contributed by atoms with Crippen LogP contribution in [0.4, 0.5) is 23.2 Å².